The number of carbonyl (C=O) groups is 1. The van der Waals surface area contributed by atoms with E-state index in [0.717, 1.165) is 16.3 Å². The van der Waals surface area contributed by atoms with Gasteiger partial charge in [0.15, 0.2) is 0 Å². The highest BCUT2D eigenvalue weighted by atomic mass is 32.2. The number of nitrogens with zero attached hydrogens (tertiary/aromatic N) is 1. The number of hydrogen-bond donors (Lipinski definition) is 1. The smallest absolute Gasteiger partial charge is 0.335 e. The third-order valence-electron chi connectivity index (χ3n) is 2.76. The highest BCUT2D eigenvalue weighted by Crippen LogP contribution is 2.29. The van der Waals surface area contributed by atoms with Crippen LogP contribution in [-0.4, -0.2) is 25.2 Å². The molecule has 2 aromatic carbocycles. The minimum absolute atomic E-state index is 0.290. The second-order valence-electron chi connectivity index (χ2n) is 4.12. The molecule has 0 heterocycles. The van der Waals surface area contributed by atoms with Gasteiger partial charge in [-0.2, -0.15) is 0 Å². The molecule has 0 amide bonds. The molecular formula is C15H15NO3S. The van der Waals surface area contributed by atoms with Crippen molar-refractivity contribution in [3.05, 3.63) is 54.1 Å². The molecular weight excluding hydrogens is 274 g/mol. The molecule has 2 rings (SSSR count). The largest absolute Gasteiger partial charge is 0.497 e. The summed E-state index contributed by atoms with van der Waals surface area (Å²) in [5, 5.41) is 8.86. The molecule has 0 fully saturated rings. The van der Waals surface area contributed by atoms with Gasteiger partial charge in [0.05, 0.1) is 18.4 Å². The average Bonchev–Trinajstić information content (AvgIpc) is 2.47. The Bertz CT molecular complexity index is 598. The number of carboxylic acid groups (broad SMARTS) is 1. The fourth-order valence-electron chi connectivity index (χ4n) is 1.68. The van der Waals surface area contributed by atoms with E-state index in [0.29, 0.717) is 5.56 Å². The van der Waals surface area contributed by atoms with E-state index in [-0.39, 0.29) is 0 Å². The first-order valence-corrected chi connectivity index (χ1v) is 6.76. The lowest BCUT2D eigenvalue weighted by atomic mass is 10.2. The van der Waals surface area contributed by atoms with Crippen molar-refractivity contribution in [2.75, 3.05) is 18.5 Å². The van der Waals surface area contributed by atoms with Crippen LogP contribution in [0.5, 0.6) is 5.75 Å². The summed E-state index contributed by atoms with van der Waals surface area (Å²) in [4.78, 5) is 11.8. The Kier molecular flexibility index (Phi) is 4.53. The quantitative estimate of drug-likeness (QED) is 0.853. The second kappa shape index (κ2) is 6.34. The van der Waals surface area contributed by atoms with Crippen LogP contribution in [0, 0.1) is 0 Å². The Morgan fingerprint density at radius 1 is 1.20 bits per heavy atom. The molecule has 0 saturated heterocycles. The second-order valence-corrected chi connectivity index (χ2v) is 5.32. The fraction of sp³-hybridized carbons (Fsp3) is 0.133. The van der Waals surface area contributed by atoms with Crippen molar-refractivity contribution in [3.8, 4) is 5.75 Å². The van der Waals surface area contributed by atoms with E-state index in [2.05, 4.69) is 0 Å². The highest BCUT2D eigenvalue weighted by Gasteiger charge is 2.06. The van der Waals surface area contributed by atoms with Gasteiger partial charge in [-0.3, -0.25) is 0 Å². The summed E-state index contributed by atoms with van der Waals surface area (Å²) in [6.45, 7) is 0. The van der Waals surface area contributed by atoms with Crippen LogP contribution in [0.15, 0.2) is 53.4 Å². The fourth-order valence-corrected chi connectivity index (χ4v) is 2.47. The number of carboxylic acids is 1. The number of rotatable bonds is 5. The number of methoxy groups -OCH3 is 1. The summed E-state index contributed by atoms with van der Waals surface area (Å²) in [6.07, 6.45) is 0. The molecule has 0 atom stereocenters. The van der Waals surface area contributed by atoms with Gasteiger partial charge < -0.3 is 14.1 Å². The first-order valence-electron chi connectivity index (χ1n) is 5.99. The van der Waals surface area contributed by atoms with Crippen LogP contribution in [0.4, 0.5) is 5.69 Å². The van der Waals surface area contributed by atoms with E-state index >= 15 is 0 Å². The van der Waals surface area contributed by atoms with E-state index in [4.69, 9.17) is 9.84 Å². The Morgan fingerprint density at radius 3 is 2.50 bits per heavy atom. The van der Waals surface area contributed by atoms with Gasteiger partial charge in [0.1, 0.15) is 5.75 Å². The molecule has 0 bridgehead atoms. The van der Waals surface area contributed by atoms with Crippen molar-refractivity contribution in [3.63, 3.8) is 0 Å². The molecule has 0 aliphatic rings. The van der Waals surface area contributed by atoms with Crippen molar-refractivity contribution in [2.24, 2.45) is 0 Å². The third-order valence-corrected chi connectivity index (χ3v) is 3.73. The molecule has 0 radical (unpaired) electrons. The summed E-state index contributed by atoms with van der Waals surface area (Å²) in [6, 6.07) is 14.5. The lowest BCUT2D eigenvalue weighted by molar-refractivity contribution is 0.0697. The molecule has 20 heavy (non-hydrogen) atoms. The first-order chi connectivity index (χ1) is 9.60. The van der Waals surface area contributed by atoms with Gasteiger partial charge in [0.25, 0.3) is 0 Å². The Morgan fingerprint density at radius 2 is 1.90 bits per heavy atom. The van der Waals surface area contributed by atoms with Crippen LogP contribution in [-0.2, 0) is 0 Å². The first kappa shape index (κ1) is 14.3. The maximum absolute atomic E-state index is 10.8. The van der Waals surface area contributed by atoms with Crippen molar-refractivity contribution in [1.29, 1.82) is 0 Å². The summed E-state index contributed by atoms with van der Waals surface area (Å²) >= 11 is 1.52. The van der Waals surface area contributed by atoms with E-state index in [1.165, 1.54) is 11.9 Å². The van der Waals surface area contributed by atoms with Gasteiger partial charge in [-0.1, -0.05) is 6.07 Å². The van der Waals surface area contributed by atoms with E-state index in [1.807, 2.05) is 35.6 Å². The molecule has 0 saturated carbocycles. The van der Waals surface area contributed by atoms with Crippen molar-refractivity contribution in [2.45, 2.75) is 4.90 Å². The summed E-state index contributed by atoms with van der Waals surface area (Å²) in [5.41, 5.74) is 1.30. The molecule has 104 valence electrons. The van der Waals surface area contributed by atoms with Crippen LogP contribution in [0.2, 0.25) is 0 Å². The van der Waals surface area contributed by atoms with E-state index in [1.54, 1.807) is 31.4 Å². The number of aromatic carboxylic acids is 1. The number of benzene rings is 2. The molecule has 0 aliphatic heterocycles. The molecule has 5 heteroatoms. The average molecular weight is 289 g/mol. The van der Waals surface area contributed by atoms with Crippen LogP contribution in [0.3, 0.4) is 0 Å². The maximum Gasteiger partial charge on any atom is 0.335 e. The van der Waals surface area contributed by atoms with E-state index < -0.39 is 5.97 Å². The predicted octanol–water partition coefficient (Wildman–Crippen LogP) is 3.54. The molecule has 2 aromatic rings. The van der Waals surface area contributed by atoms with Crippen LogP contribution in [0.25, 0.3) is 0 Å². The monoisotopic (exact) mass is 289 g/mol. The summed E-state index contributed by atoms with van der Waals surface area (Å²) < 4.78 is 7.19. The summed E-state index contributed by atoms with van der Waals surface area (Å²) in [5.74, 6) is -0.112. The zero-order valence-corrected chi connectivity index (χ0v) is 12.1. The van der Waals surface area contributed by atoms with Gasteiger partial charge in [-0.25, -0.2) is 4.79 Å². The molecule has 0 aliphatic carbocycles. The van der Waals surface area contributed by atoms with Gasteiger partial charge in [0, 0.05) is 18.0 Å². The Hall–Kier alpha value is -2.14. The van der Waals surface area contributed by atoms with Crippen molar-refractivity contribution < 1.29 is 14.6 Å². The van der Waals surface area contributed by atoms with Crippen LogP contribution in [0.1, 0.15) is 10.4 Å². The Balaban J connectivity index is 2.10. The predicted molar refractivity (Wildman–Crippen MR) is 80.7 cm³/mol. The molecule has 4 nitrogen and oxygen atoms in total. The normalized spacial score (nSPS) is 10.1. The van der Waals surface area contributed by atoms with Gasteiger partial charge in [-0.15, -0.1) is 0 Å². The van der Waals surface area contributed by atoms with Crippen LogP contribution >= 0.6 is 11.9 Å². The maximum atomic E-state index is 10.8. The Labute approximate surface area is 122 Å². The minimum atomic E-state index is -0.914. The highest BCUT2D eigenvalue weighted by molar-refractivity contribution is 8.00. The van der Waals surface area contributed by atoms with Crippen molar-refractivity contribution in [1.82, 2.24) is 0 Å². The lowest BCUT2D eigenvalue weighted by Crippen LogP contribution is -2.06. The van der Waals surface area contributed by atoms with Gasteiger partial charge in [-0.05, 0) is 48.3 Å². The SMILES string of the molecule is COc1cccc(N(C)Sc2ccc(C(=O)O)cc2)c1. The standard InChI is InChI=1S/C15H15NO3S/c1-16(12-4-3-5-13(10-12)19-2)20-14-8-6-11(7-9-14)15(17)18/h3-10H,1-2H3,(H,17,18). The topological polar surface area (TPSA) is 49.8 Å². The molecule has 0 spiro atoms. The number of hydrogen-bond acceptors (Lipinski definition) is 4. The zero-order valence-electron chi connectivity index (χ0n) is 11.2. The van der Waals surface area contributed by atoms with Gasteiger partial charge in [0.2, 0.25) is 0 Å². The summed E-state index contributed by atoms with van der Waals surface area (Å²) in [7, 11) is 3.58. The minimum Gasteiger partial charge on any atom is -0.497 e. The molecule has 0 aromatic heterocycles. The number of anilines is 1. The molecule has 0 unspecified atom stereocenters. The van der Waals surface area contributed by atoms with Crippen molar-refractivity contribution >= 4 is 23.6 Å². The van der Waals surface area contributed by atoms with Crippen LogP contribution < -0.4 is 9.04 Å². The zero-order chi connectivity index (χ0) is 14.5. The van der Waals surface area contributed by atoms with Gasteiger partial charge >= 0.3 is 5.97 Å². The number of ether oxygens (including phenoxy) is 1. The lowest BCUT2D eigenvalue weighted by Gasteiger charge is -2.18. The molecule has 1 N–H and O–H groups in total. The third kappa shape index (κ3) is 3.45. The van der Waals surface area contributed by atoms with E-state index in [9.17, 15) is 4.79 Å².